The Morgan fingerprint density at radius 2 is 2.18 bits per heavy atom. The predicted molar refractivity (Wildman–Crippen MR) is 45.3 cm³/mol. The normalized spacial score (nSPS) is 11.4. The summed E-state index contributed by atoms with van der Waals surface area (Å²) >= 11 is 0. The molecule has 0 saturated carbocycles. The van der Waals surface area contributed by atoms with Crippen LogP contribution in [0.5, 0.6) is 0 Å². The molecule has 0 aliphatic heterocycles. The Hall–Kier alpha value is -0.790. The Kier molecular flexibility index (Phi) is 5.53. The molecule has 0 fully saturated rings. The molecular formula is C9H16O2. The fourth-order valence-electron chi connectivity index (χ4n) is 0.709. The van der Waals surface area contributed by atoms with Crippen LogP contribution in [0.4, 0.5) is 0 Å². The van der Waals surface area contributed by atoms with E-state index in [1.165, 1.54) is 0 Å². The predicted octanol–water partition coefficient (Wildman–Crippen LogP) is 2.30. The molecule has 0 rings (SSSR count). The van der Waals surface area contributed by atoms with Gasteiger partial charge in [0.2, 0.25) is 0 Å². The van der Waals surface area contributed by atoms with E-state index in [0.717, 1.165) is 12.8 Å². The van der Waals surface area contributed by atoms with Crippen molar-refractivity contribution in [1.82, 2.24) is 0 Å². The van der Waals surface area contributed by atoms with Crippen LogP contribution in [0.1, 0.15) is 33.1 Å². The highest BCUT2D eigenvalue weighted by Gasteiger charge is 1.96. The van der Waals surface area contributed by atoms with Crippen molar-refractivity contribution in [3.8, 4) is 0 Å². The van der Waals surface area contributed by atoms with E-state index in [4.69, 9.17) is 4.74 Å². The van der Waals surface area contributed by atoms with E-state index in [9.17, 15) is 4.79 Å². The highest BCUT2D eigenvalue weighted by atomic mass is 16.5. The molecule has 0 aromatic carbocycles. The molecule has 0 radical (unpaired) electrons. The molecule has 0 aromatic heterocycles. The van der Waals surface area contributed by atoms with Gasteiger partial charge in [-0.15, -0.1) is 0 Å². The van der Waals surface area contributed by atoms with Crippen molar-refractivity contribution >= 4 is 5.78 Å². The average Bonchev–Trinajstić information content (AvgIpc) is 2.00. The first kappa shape index (κ1) is 10.2. The van der Waals surface area contributed by atoms with Gasteiger partial charge in [0.1, 0.15) is 0 Å². The summed E-state index contributed by atoms with van der Waals surface area (Å²) < 4.78 is 4.84. The first-order valence-electron chi connectivity index (χ1n) is 3.95. The van der Waals surface area contributed by atoms with Gasteiger partial charge in [0.25, 0.3) is 0 Å². The second kappa shape index (κ2) is 5.96. The molecule has 0 spiro atoms. The van der Waals surface area contributed by atoms with Gasteiger partial charge in [-0.05, 0) is 13.3 Å². The molecule has 0 heterocycles. The van der Waals surface area contributed by atoms with Gasteiger partial charge < -0.3 is 4.74 Å². The van der Waals surface area contributed by atoms with Crippen LogP contribution >= 0.6 is 0 Å². The Morgan fingerprint density at radius 3 is 2.64 bits per heavy atom. The molecule has 0 bridgehead atoms. The van der Waals surface area contributed by atoms with E-state index >= 15 is 0 Å². The minimum atomic E-state index is 0.159. The molecule has 0 aliphatic carbocycles. The third-order valence-corrected chi connectivity index (χ3v) is 1.46. The fourth-order valence-corrected chi connectivity index (χ4v) is 0.709. The van der Waals surface area contributed by atoms with Crippen molar-refractivity contribution in [3.63, 3.8) is 0 Å². The number of hydrogen-bond acceptors (Lipinski definition) is 2. The summed E-state index contributed by atoms with van der Waals surface area (Å²) in [6.07, 6.45) is 4.21. The van der Waals surface area contributed by atoms with Gasteiger partial charge in [-0.1, -0.05) is 13.3 Å². The number of rotatable bonds is 5. The summed E-state index contributed by atoms with van der Waals surface area (Å²) in [7, 11) is 1.57. The van der Waals surface area contributed by atoms with Crippen LogP contribution in [0.2, 0.25) is 0 Å². The third kappa shape index (κ3) is 5.64. The molecule has 0 aliphatic rings. The molecule has 0 atom stereocenters. The Morgan fingerprint density at radius 1 is 1.55 bits per heavy atom. The number of methoxy groups -OCH3 is 1. The number of allylic oxidation sites excluding steroid dienone is 2. The molecule has 0 N–H and O–H groups in total. The van der Waals surface area contributed by atoms with Crippen LogP contribution in [-0.4, -0.2) is 12.9 Å². The molecule has 0 aromatic rings. The molecule has 0 unspecified atom stereocenters. The maximum absolute atomic E-state index is 11.0. The Bertz CT molecular complexity index is 148. The zero-order chi connectivity index (χ0) is 8.69. The van der Waals surface area contributed by atoms with E-state index in [-0.39, 0.29) is 5.78 Å². The van der Waals surface area contributed by atoms with Crippen LogP contribution in [0, 0.1) is 0 Å². The van der Waals surface area contributed by atoms with Crippen molar-refractivity contribution < 1.29 is 9.53 Å². The van der Waals surface area contributed by atoms with Gasteiger partial charge in [-0.25, -0.2) is 0 Å². The van der Waals surface area contributed by atoms with Gasteiger partial charge in [0.05, 0.1) is 12.9 Å². The molecule has 2 nitrogen and oxygen atoms in total. The van der Waals surface area contributed by atoms with Crippen LogP contribution in [0.15, 0.2) is 11.8 Å². The maximum atomic E-state index is 11.0. The summed E-state index contributed by atoms with van der Waals surface area (Å²) in [5.74, 6) is 0.845. The summed E-state index contributed by atoms with van der Waals surface area (Å²) in [4.78, 5) is 11.0. The first-order valence-corrected chi connectivity index (χ1v) is 3.95. The summed E-state index contributed by atoms with van der Waals surface area (Å²) in [5.41, 5.74) is 0. The molecule has 0 saturated heterocycles. The number of carbonyl (C=O) groups excluding carboxylic acids is 1. The summed E-state index contributed by atoms with van der Waals surface area (Å²) in [6.45, 7) is 3.85. The zero-order valence-electron chi connectivity index (χ0n) is 7.52. The van der Waals surface area contributed by atoms with E-state index in [0.29, 0.717) is 12.2 Å². The largest absolute Gasteiger partial charge is 0.501 e. The quantitative estimate of drug-likeness (QED) is 0.451. The lowest BCUT2D eigenvalue weighted by molar-refractivity contribution is -0.114. The maximum Gasteiger partial charge on any atom is 0.159 e. The summed E-state index contributed by atoms with van der Waals surface area (Å²) in [6, 6.07) is 0. The number of ether oxygens (including phenoxy) is 1. The zero-order valence-corrected chi connectivity index (χ0v) is 7.52. The number of ketones is 1. The van der Waals surface area contributed by atoms with E-state index < -0.39 is 0 Å². The van der Waals surface area contributed by atoms with Crippen molar-refractivity contribution in [1.29, 1.82) is 0 Å². The lowest BCUT2D eigenvalue weighted by Gasteiger charge is -1.97. The average molecular weight is 156 g/mol. The van der Waals surface area contributed by atoms with Crippen molar-refractivity contribution in [2.75, 3.05) is 7.11 Å². The molecule has 11 heavy (non-hydrogen) atoms. The minimum absolute atomic E-state index is 0.159. The van der Waals surface area contributed by atoms with Gasteiger partial charge in [-0.2, -0.15) is 0 Å². The van der Waals surface area contributed by atoms with Crippen LogP contribution in [0.25, 0.3) is 0 Å². The van der Waals surface area contributed by atoms with Gasteiger partial charge in [-0.3, -0.25) is 4.79 Å². The molecule has 0 amide bonds. The summed E-state index contributed by atoms with van der Waals surface area (Å²) in [5, 5.41) is 0. The van der Waals surface area contributed by atoms with E-state index in [2.05, 4.69) is 6.92 Å². The lowest BCUT2D eigenvalue weighted by Crippen LogP contribution is -1.94. The van der Waals surface area contributed by atoms with E-state index in [1.54, 1.807) is 20.1 Å². The van der Waals surface area contributed by atoms with Gasteiger partial charge >= 0.3 is 0 Å². The highest BCUT2D eigenvalue weighted by Crippen LogP contribution is 1.99. The van der Waals surface area contributed by atoms with Crippen LogP contribution < -0.4 is 0 Å². The smallest absolute Gasteiger partial charge is 0.159 e. The molecule has 2 heteroatoms. The SMILES string of the molecule is CCCCC(=O)C=C(C)OC. The molecular weight excluding hydrogens is 140 g/mol. The highest BCUT2D eigenvalue weighted by molar-refractivity contribution is 5.89. The number of hydrogen-bond donors (Lipinski definition) is 0. The van der Waals surface area contributed by atoms with Crippen LogP contribution in [-0.2, 0) is 9.53 Å². The topological polar surface area (TPSA) is 26.3 Å². The first-order chi connectivity index (χ1) is 5.20. The van der Waals surface area contributed by atoms with Crippen LogP contribution in [0.3, 0.4) is 0 Å². The second-order valence-electron chi connectivity index (χ2n) is 2.53. The van der Waals surface area contributed by atoms with Gasteiger partial charge in [0, 0.05) is 12.5 Å². The minimum Gasteiger partial charge on any atom is -0.501 e. The number of unbranched alkanes of at least 4 members (excludes halogenated alkanes) is 1. The third-order valence-electron chi connectivity index (χ3n) is 1.46. The lowest BCUT2D eigenvalue weighted by atomic mass is 10.2. The fraction of sp³-hybridized carbons (Fsp3) is 0.667. The molecule has 64 valence electrons. The Balaban J connectivity index is 3.67. The van der Waals surface area contributed by atoms with Crippen molar-refractivity contribution in [2.45, 2.75) is 33.1 Å². The monoisotopic (exact) mass is 156 g/mol. The Labute approximate surface area is 68.2 Å². The number of carbonyl (C=O) groups is 1. The van der Waals surface area contributed by atoms with Crippen molar-refractivity contribution in [3.05, 3.63) is 11.8 Å². The van der Waals surface area contributed by atoms with E-state index in [1.807, 2.05) is 0 Å². The second-order valence-corrected chi connectivity index (χ2v) is 2.53. The standard InChI is InChI=1S/C9H16O2/c1-4-5-6-9(10)7-8(2)11-3/h7H,4-6H2,1-3H3. The van der Waals surface area contributed by atoms with Crippen molar-refractivity contribution in [2.24, 2.45) is 0 Å². The van der Waals surface area contributed by atoms with Gasteiger partial charge in [0.15, 0.2) is 5.78 Å².